The summed E-state index contributed by atoms with van der Waals surface area (Å²) >= 11 is 0. The molecule has 0 amide bonds. The number of fused-ring (bicyclic) bond motifs is 1. The number of hydrogen-bond acceptors (Lipinski definition) is 4. The van der Waals surface area contributed by atoms with Crippen LogP contribution in [0.2, 0.25) is 0 Å². The van der Waals surface area contributed by atoms with E-state index in [1.807, 2.05) is 13.0 Å². The fourth-order valence-electron chi connectivity index (χ4n) is 2.25. The summed E-state index contributed by atoms with van der Waals surface area (Å²) in [5.41, 5.74) is 1.23. The van der Waals surface area contributed by atoms with E-state index in [0.717, 1.165) is 11.8 Å². The lowest BCUT2D eigenvalue weighted by Crippen LogP contribution is -2.04. The van der Waals surface area contributed by atoms with Gasteiger partial charge >= 0.3 is 5.97 Å². The van der Waals surface area contributed by atoms with Gasteiger partial charge in [0.2, 0.25) is 0 Å². The number of ketones is 1. The second-order valence-corrected chi connectivity index (χ2v) is 5.03. The number of aromatic nitrogens is 1. The summed E-state index contributed by atoms with van der Waals surface area (Å²) in [6, 6.07) is 7.11. The minimum absolute atomic E-state index is 0.000380. The van der Waals surface area contributed by atoms with Gasteiger partial charge in [-0.15, -0.1) is 0 Å². The average Bonchev–Trinajstić information content (AvgIpc) is 2.52. The van der Waals surface area contributed by atoms with E-state index in [0.29, 0.717) is 29.9 Å². The lowest BCUT2D eigenvalue weighted by Gasteiger charge is -2.10. The summed E-state index contributed by atoms with van der Waals surface area (Å²) in [5.74, 6) is -0.288. The molecule has 0 saturated heterocycles. The van der Waals surface area contributed by atoms with Crippen LogP contribution in [0, 0.1) is 0 Å². The maximum absolute atomic E-state index is 12.3. The van der Waals surface area contributed by atoms with Crippen molar-refractivity contribution in [3.05, 3.63) is 36.0 Å². The number of ether oxygens (including phenoxy) is 1. The molecule has 0 bridgehead atoms. The van der Waals surface area contributed by atoms with E-state index in [-0.39, 0.29) is 18.6 Å². The molecule has 0 radical (unpaired) electrons. The van der Waals surface area contributed by atoms with Crippen LogP contribution in [0.5, 0.6) is 5.75 Å². The molecule has 1 heterocycles. The highest BCUT2D eigenvalue weighted by atomic mass is 16.5. The monoisotopic (exact) mass is 301 g/mol. The van der Waals surface area contributed by atoms with Crippen LogP contribution >= 0.6 is 0 Å². The molecule has 0 saturated carbocycles. The Morgan fingerprint density at radius 3 is 2.77 bits per heavy atom. The molecule has 1 N–H and O–H groups in total. The van der Waals surface area contributed by atoms with Gasteiger partial charge in [0.25, 0.3) is 0 Å². The first-order valence-corrected chi connectivity index (χ1v) is 7.39. The summed E-state index contributed by atoms with van der Waals surface area (Å²) in [6.07, 6.45) is 3.11. The van der Waals surface area contributed by atoms with Crippen LogP contribution in [0.25, 0.3) is 10.9 Å². The molecule has 2 rings (SSSR count). The summed E-state index contributed by atoms with van der Waals surface area (Å²) in [4.78, 5) is 27.2. The van der Waals surface area contributed by atoms with Gasteiger partial charge in [-0.2, -0.15) is 0 Å². The first-order valence-electron chi connectivity index (χ1n) is 7.39. The lowest BCUT2D eigenvalue weighted by atomic mass is 10.0. The van der Waals surface area contributed by atoms with E-state index >= 15 is 0 Å². The normalized spacial score (nSPS) is 10.6. The number of aliphatic carboxylic acids is 1. The van der Waals surface area contributed by atoms with Crippen molar-refractivity contribution in [3.8, 4) is 5.75 Å². The van der Waals surface area contributed by atoms with E-state index in [1.165, 1.54) is 0 Å². The van der Waals surface area contributed by atoms with Gasteiger partial charge < -0.3 is 9.84 Å². The smallest absolute Gasteiger partial charge is 0.303 e. The van der Waals surface area contributed by atoms with Crippen molar-refractivity contribution in [2.45, 2.75) is 32.6 Å². The van der Waals surface area contributed by atoms with Gasteiger partial charge in [0.1, 0.15) is 11.3 Å². The van der Waals surface area contributed by atoms with E-state index < -0.39 is 5.97 Å². The van der Waals surface area contributed by atoms with Crippen molar-refractivity contribution in [1.82, 2.24) is 4.98 Å². The number of carbonyl (C=O) groups is 2. The van der Waals surface area contributed by atoms with Crippen LogP contribution < -0.4 is 4.74 Å². The number of rotatable bonds is 8. The molecule has 22 heavy (non-hydrogen) atoms. The number of carboxylic acids is 1. The molecular formula is C17H19NO4. The molecule has 5 heteroatoms. The third-order valence-corrected chi connectivity index (χ3v) is 3.29. The van der Waals surface area contributed by atoms with E-state index in [2.05, 4.69) is 4.98 Å². The van der Waals surface area contributed by atoms with Gasteiger partial charge in [0, 0.05) is 30.0 Å². The Bertz CT molecular complexity index is 681. The van der Waals surface area contributed by atoms with Crippen molar-refractivity contribution in [3.63, 3.8) is 0 Å². The molecule has 0 atom stereocenters. The highest BCUT2D eigenvalue weighted by molar-refractivity contribution is 6.08. The van der Waals surface area contributed by atoms with Crippen molar-refractivity contribution < 1.29 is 19.4 Å². The van der Waals surface area contributed by atoms with Crippen LogP contribution in [-0.2, 0) is 4.79 Å². The van der Waals surface area contributed by atoms with Crippen LogP contribution in [-0.4, -0.2) is 28.4 Å². The van der Waals surface area contributed by atoms with Gasteiger partial charge in [-0.25, -0.2) is 0 Å². The van der Waals surface area contributed by atoms with Crippen molar-refractivity contribution >= 4 is 22.7 Å². The van der Waals surface area contributed by atoms with Crippen LogP contribution in [0.15, 0.2) is 30.5 Å². The zero-order chi connectivity index (χ0) is 15.9. The first-order chi connectivity index (χ1) is 10.6. The number of hydrogen-bond donors (Lipinski definition) is 1. The number of Topliss-reactive ketones (excluding diaryl/α,β-unsaturated/α-hetero) is 1. The second-order valence-electron chi connectivity index (χ2n) is 5.03. The number of carboxylic acid groups (broad SMARTS) is 1. The topological polar surface area (TPSA) is 76.5 Å². The predicted octanol–water partition coefficient (Wildman–Crippen LogP) is 3.46. The maximum atomic E-state index is 12.3. The summed E-state index contributed by atoms with van der Waals surface area (Å²) in [7, 11) is 0. The van der Waals surface area contributed by atoms with Gasteiger partial charge in [0.05, 0.1) is 6.61 Å². The highest BCUT2D eigenvalue weighted by Gasteiger charge is 2.14. The highest BCUT2D eigenvalue weighted by Crippen LogP contribution is 2.28. The summed E-state index contributed by atoms with van der Waals surface area (Å²) in [6.45, 7) is 2.62. The Labute approximate surface area is 128 Å². The fraction of sp³-hybridized carbons (Fsp3) is 0.353. The second kappa shape index (κ2) is 7.54. The Hall–Kier alpha value is -2.43. The molecule has 1 aromatic carbocycles. The Morgan fingerprint density at radius 2 is 2.05 bits per heavy atom. The zero-order valence-electron chi connectivity index (χ0n) is 12.5. The van der Waals surface area contributed by atoms with Gasteiger partial charge in [-0.1, -0.05) is 13.0 Å². The molecule has 0 unspecified atom stereocenters. The maximum Gasteiger partial charge on any atom is 0.303 e. The van der Waals surface area contributed by atoms with Crippen molar-refractivity contribution in [1.29, 1.82) is 0 Å². The minimum atomic E-state index is -0.886. The molecule has 0 aliphatic rings. The molecule has 0 aliphatic carbocycles. The number of pyridine rings is 1. The Kier molecular flexibility index (Phi) is 5.47. The third kappa shape index (κ3) is 3.81. The SMILES string of the molecule is CCCOc1ccc(C(=O)CCCC(=O)O)c2cccnc12. The Morgan fingerprint density at radius 1 is 1.23 bits per heavy atom. The average molecular weight is 301 g/mol. The summed E-state index contributed by atoms with van der Waals surface area (Å²) in [5, 5.41) is 9.40. The molecule has 5 nitrogen and oxygen atoms in total. The van der Waals surface area contributed by atoms with Gasteiger partial charge in [0.15, 0.2) is 5.78 Å². The van der Waals surface area contributed by atoms with Crippen molar-refractivity contribution in [2.24, 2.45) is 0 Å². The number of carbonyl (C=O) groups excluding carboxylic acids is 1. The standard InChI is InChI=1S/C17H19NO4/c1-2-11-22-15-9-8-12(13-5-4-10-18-17(13)15)14(19)6-3-7-16(20)21/h4-5,8-10H,2-3,6-7,11H2,1H3,(H,20,21). The van der Waals surface area contributed by atoms with Gasteiger partial charge in [-0.3, -0.25) is 14.6 Å². The molecule has 116 valence electrons. The first kappa shape index (κ1) is 15.9. The molecule has 1 aromatic heterocycles. The zero-order valence-corrected chi connectivity index (χ0v) is 12.5. The third-order valence-electron chi connectivity index (χ3n) is 3.29. The molecule has 0 spiro atoms. The van der Waals surface area contributed by atoms with E-state index in [9.17, 15) is 9.59 Å². The number of benzene rings is 1. The lowest BCUT2D eigenvalue weighted by molar-refractivity contribution is -0.137. The van der Waals surface area contributed by atoms with Gasteiger partial charge in [-0.05, 0) is 31.0 Å². The van der Waals surface area contributed by atoms with Crippen LogP contribution in [0.1, 0.15) is 43.0 Å². The quantitative estimate of drug-likeness (QED) is 0.756. The molecule has 2 aromatic rings. The predicted molar refractivity (Wildman–Crippen MR) is 83.3 cm³/mol. The fourth-order valence-corrected chi connectivity index (χ4v) is 2.25. The largest absolute Gasteiger partial charge is 0.491 e. The van der Waals surface area contributed by atoms with Crippen LogP contribution in [0.3, 0.4) is 0 Å². The number of nitrogens with zero attached hydrogens (tertiary/aromatic N) is 1. The minimum Gasteiger partial charge on any atom is -0.491 e. The Balaban J connectivity index is 2.27. The van der Waals surface area contributed by atoms with Crippen LogP contribution in [0.4, 0.5) is 0 Å². The summed E-state index contributed by atoms with van der Waals surface area (Å²) < 4.78 is 5.66. The van der Waals surface area contributed by atoms with Crippen molar-refractivity contribution in [2.75, 3.05) is 6.61 Å². The van der Waals surface area contributed by atoms with E-state index in [1.54, 1.807) is 24.4 Å². The molecule has 0 aliphatic heterocycles. The molecular weight excluding hydrogens is 282 g/mol. The molecule has 0 fully saturated rings. The van der Waals surface area contributed by atoms with E-state index in [4.69, 9.17) is 9.84 Å².